The predicted molar refractivity (Wildman–Crippen MR) is 78.9 cm³/mol. The Hall–Kier alpha value is -1.81. The number of anilines is 1. The van der Waals surface area contributed by atoms with Crippen LogP contribution in [0.4, 0.5) is 5.69 Å². The molecule has 0 unspecified atom stereocenters. The van der Waals surface area contributed by atoms with Crippen molar-refractivity contribution in [3.63, 3.8) is 0 Å². The first kappa shape index (κ1) is 13.6. The van der Waals surface area contributed by atoms with Gasteiger partial charge in [-0.2, -0.15) is 0 Å². The fraction of sp³-hybridized carbons (Fsp3) is 0.133. The lowest BCUT2D eigenvalue weighted by atomic mass is 10.1. The van der Waals surface area contributed by atoms with Gasteiger partial charge in [0.2, 0.25) is 0 Å². The molecule has 2 N–H and O–H groups in total. The van der Waals surface area contributed by atoms with E-state index in [1.165, 1.54) is 0 Å². The summed E-state index contributed by atoms with van der Waals surface area (Å²) in [6, 6.07) is 12.9. The largest absolute Gasteiger partial charge is 0.457 e. The Balaban J connectivity index is 2.07. The average Bonchev–Trinajstić information content (AvgIpc) is 2.39. The highest BCUT2D eigenvalue weighted by Crippen LogP contribution is 2.16. The number of hydrogen-bond donors (Lipinski definition) is 1. The predicted octanol–water partition coefficient (Wildman–Crippen LogP) is 3.70. The van der Waals surface area contributed by atoms with Crippen molar-refractivity contribution in [1.29, 1.82) is 0 Å². The number of carbonyl (C=O) groups is 1. The van der Waals surface area contributed by atoms with Crippen LogP contribution in [0, 0.1) is 6.92 Å². The minimum atomic E-state index is -0.357. The summed E-state index contributed by atoms with van der Waals surface area (Å²) in [5.41, 5.74) is 8.53. The quantitative estimate of drug-likeness (QED) is 0.693. The van der Waals surface area contributed by atoms with Gasteiger partial charge in [0.15, 0.2) is 0 Å². The van der Waals surface area contributed by atoms with Crippen LogP contribution in [-0.2, 0) is 11.3 Å². The first-order valence-corrected chi connectivity index (χ1v) is 6.63. The molecule has 0 atom stereocenters. The molecule has 0 amide bonds. The van der Waals surface area contributed by atoms with Gasteiger partial charge in [0.25, 0.3) is 0 Å². The maximum atomic E-state index is 12.0. The Morgan fingerprint density at radius 1 is 1.26 bits per heavy atom. The van der Waals surface area contributed by atoms with Crippen molar-refractivity contribution >= 4 is 27.6 Å². The van der Waals surface area contributed by atoms with Crippen LogP contribution in [0.3, 0.4) is 0 Å². The minimum Gasteiger partial charge on any atom is -0.457 e. The summed E-state index contributed by atoms with van der Waals surface area (Å²) in [6.07, 6.45) is 0. The molecule has 19 heavy (non-hydrogen) atoms. The second-order valence-electron chi connectivity index (χ2n) is 4.28. The molecule has 0 aliphatic rings. The maximum Gasteiger partial charge on any atom is 0.338 e. The molecule has 0 spiro atoms. The summed E-state index contributed by atoms with van der Waals surface area (Å²) in [4.78, 5) is 12.0. The lowest BCUT2D eigenvalue weighted by Gasteiger charge is -2.08. The summed E-state index contributed by atoms with van der Waals surface area (Å²) in [5, 5.41) is 0. The van der Waals surface area contributed by atoms with E-state index in [1.807, 2.05) is 37.3 Å². The van der Waals surface area contributed by atoms with Crippen molar-refractivity contribution in [2.24, 2.45) is 0 Å². The molecular formula is C15H14BrNO2. The lowest BCUT2D eigenvalue weighted by molar-refractivity contribution is 0.0472. The van der Waals surface area contributed by atoms with Crippen molar-refractivity contribution in [1.82, 2.24) is 0 Å². The molecule has 0 saturated carbocycles. The SMILES string of the molecule is Cc1ccc(N)cc1C(=O)OCc1cccc(Br)c1. The van der Waals surface area contributed by atoms with Crippen molar-refractivity contribution < 1.29 is 9.53 Å². The topological polar surface area (TPSA) is 52.3 Å². The molecule has 0 aliphatic heterocycles. The highest BCUT2D eigenvalue weighted by Gasteiger charge is 2.11. The molecule has 2 aromatic carbocycles. The van der Waals surface area contributed by atoms with Gasteiger partial charge in [0.1, 0.15) is 6.61 Å². The number of halogens is 1. The van der Waals surface area contributed by atoms with Gasteiger partial charge in [-0.05, 0) is 42.3 Å². The Kier molecular flexibility index (Phi) is 4.22. The van der Waals surface area contributed by atoms with Crippen molar-refractivity contribution in [2.45, 2.75) is 13.5 Å². The van der Waals surface area contributed by atoms with Gasteiger partial charge in [-0.1, -0.05) is 34.1 Å². The highest BCUT2D eigenvalue weighted by atomic mass is 79.9. The third kappa shape index (κ3) is 3.58. The van der Waals surface area contributed by atoms with E-state index < -0.39 is 0 Å². The van der Waals surface area contributed by atoms with E-state index in [-0.39, 0.29) is 12.6 Å². The van der Waals surface area contributed by atoms with Crippen LogP contribution >= 0.6 is 15.9 Å². The van der Waals surface area contributed by atoms with Crippen molar-refractivity contribution in [3.8, 4) is 0 Å². The molecular weight excluding hydrogens is 306 g/mol. The van der Waals surface area contributed by atoms with Crippen LogP contribution in [0.15, 0.2) is 46.9 Å². The number of rotatable bonds is 3. The van der Waals surface area contributed by atoms with E-state index >= 15 is 0 Å². The van der Waals surface area contributed by atoms with Gasteiger partial charge in [-0.15, -0.1) is 0 Å². The second-order valence-corrected chi connectivity index (χ2v) is 5.20. The standard InChI is InChI=1S/C15H14BrNO2/c1-10-5-6-13(17)8-14(10)15(18)19-9-11-3-2-4-12(16)7-11/h2-8H,9,17H2,1H3. The molecule has 3 nitrogen and oxygen atoms in total. The smallest absolute Gasteiger partial charge is 0.338 e. The molecule has 0 aromatic heterocycles. The Morgan fingerprint density at radius 3 is 2.79 bits per heavy atom. The molecule has 0 fully saturated rings. The molecule has 0 aliphatic carbocycles. The molecule has 0 heterocycles. The number of nitrogen functional groups attached to an aromatic ring is 1. The number of hydrogen-bond acceptors (Lipinski definition) is 3. The summed E-state index contributed by atoms with van der Waals surface area (Å²) < 4.78 is 6.25. The van der Waals surface area contributed by atoms with Crippen molar-refractivity contribution in [3.05, 3.63) is 63.6 Å². The first-order chi connectivity index (χ1) is 9.06. The molecule has 0 bridgehead atoms. The Labute approximate surface area is 120 Å². The van der Waals surface area contributed by atoms with Gasteiger partial charge >= 0.3 is 5.97 Å². The van der Waals surface area contributed by atoms with E-state index in [2.05, 4.69) is 15.9 Å². The van der Waals surface area contributed by atoms with Crippen LogP contribution < -0.4 is 5.73 Å². The number of benzene rings is 2. The molecule has 2 rings (SSSR count). The van der Waals surface area contributed by atoms with E-state index in [9.17, 15) is 4.79 Å². The van der Waals surface area contributed by atoms with Crippen LogP contribution in [0.25, 0.3) is 0 Å². The summed E-state index contributed by atoms with van der Waals surface area (Å²) in [6.45, 7) is 2.10. The third-order valence-corrected chi connectivity index (χ3v) is 3.23. The third-order valence-electron chi connectivity index (χ3n) is 2.74. The lowest BCUT2D eigenvalue weighted by Crippen LogP contribution is -2.07. The Bertz CT molecular complexity index is 611. The monoisotopic (exact) mass is 319 g/mol. The summed E-state index contributed by atoms with van der Waals surface area (Å²) in [5.74, 6) is -0.357. The zero-order valence-corrected chi connectivity index (χ0v) is 12.1. The normalized spacial score (nSPS) is 10.2. The molecule has 0 radical (unpaired) electrons. The summed E-state index contributed by atoms with van der Waals surface area (Å²) in [7, 11) is 0. The average molecular weight is 320 g/mol. The fourth-order valence-electron chi connectivity index (χ4n) is 1.71. The number of carbonyl (C=O) groups excluding carboxylic acids is 1. The first-order valence-electron chi connectivity index (χ1n) is 5.84. The van der Waals surface area contributed by atoms with Gasteiger partial charge in [-0.3, -0.25) is 0 Å². The van der Waals surface area contributed by atoms with Gasteiger partial charge in [-0.25, -0.2) is 4.79 Å². The summed E-state index contributed by atoms with van der Waals surface area (Å²) >= 11 is 3.38. The number of aryl methyl sites for hydroxylation is 1. The van der Waals surface area contributed by atoms with Crippen LogP contribution in [-0.4, -0.2) is 5.97 Å². The zero-order valence-electron chi connectivity index (χ0n) is 10.5. The number of esters is 1. The second kappa shape index (κ2) is 5.89. The Morgan fingerprint density at radius 2 is 2.05 bits per heavy atom. The van der Waals surface area contributed by atoms with E-state index in [4.69, 9.17) is 10.5 Å². The van der Waals surface area contributed by atoms with Gasteiger partial charge in [0, 0.05) is 10.2 Å². The molecule has 0 saturated heterocycles. The fourth-order valence-corrected chi connectivity index (χ4v) is 2.16. The molecule has 4 heteroatoms. The van der Waals surface area contributed by atoms with Crippen LogP contribution in [0.1, 0.15) is 21.5 Å². The van der Waals surface area contributed by atoms with E-state index in [1.54, 1.807) is 12.1 Å². The van der Waals surface area contributed by atoms with E-state index in [0.717, 1.165) is 15.6 Å². The zero-order chi connectivity index (χ0) is 13.8. The highest BCUT2D eigenvalue weighted by molar-refractivity contribution is 9.10. The number of ether oxygens (including phenoxy) is 1. The van der Waals surface area contributed by atoms with Gasteiger partial charge in [0.05, 0.1) is 5.56 Å². The van der Waals surface area contributed by atoms with Crippen molar-refractivity contribution in [2.75, 3.05) is 5.73 Å². The molecule has 2 aromatic rings. The van der Waals surface area contributed by atoms with Crippen LogP contribution in [0.2, 0.25) is 0 Å². The minimum absolute atomic E-state index is 0.243. The van der Waals surface area contributed by atoms with Crippen LogP contribution in [0.5, 0.6) is 0 Å². The maximum absolute atomic E-state index is 12.0. The number of nitrogens with two attached hydrogens (primary N) is 1. The van der Waals surface area contributed by atoms with Gasteiger partial charge < -0.3 is 10.5 Å². The molecule has 98 valence electrons. The van der Waals surface area contributed by atoms with E-state index in [0.29, 0.717) is 11.3 Å².